The van der Waals surface area contributed by atoms with Crippen LogP contribution in [-0.2, 0) is 7.05 Å². The number of aromatic nitrogens is 1. The number of fused-ring (bicyclic) bond motifs is 1. The molecule has 0 atom stereocenters. The van der Waals surface area contributed by atoms with Gasteiger partial charge in [-0.25, -0.2) is 0 Å². The summed E-state index contributed by atoms with van der Waals surface area (Å²) in [7, 11) is 3.52. The van der Waals surface area contributed by atoms with Gasteiger partial charge in [0.2, 0.25) is 11.3 Å². The Kier molecular flexibility index (Phi) is 3.28. The normalized spacial score (nSPS) is 10.9. The lowest BCUT2D eigenvalue weighted by molar-refractivity contribution is -0.656. The molecule has 0 aliphatic rings. The van der Waals surface area contributed by atoms with Crippen LogP contribution in [0.1, 0.15) is 0 Å². The lowest BCUT2D eigenvalue weighted by atomic mass is 10.0. The molecule has 0 radical (unpaired) electrons. The minimum Gasteiger partial charge on any atom is -0.495 e. The van der Waals surface area contributed by atoms with Gasteiger partial charge in [-0.15, -0.1) is 0 Å². The van der Waals surface area contributed by atoms with Crippen molar-refractivity contribution in [3.63, 3.8) is 0 Å². The van der Waals surface area contributed by atoms with Crippen molar-refractivity contribution in [2.45, 2.75) is 0 Å². The number of hydrogen-bond acceptors (Lipinski definition) is 3. The smallest absolute Gasteiger partial charge is 0.272 e. The molecule has 1 N–H and O–H groups in total. The third-order valence-electron chi connectivity index (χ3n) is 3.21. The quantitative estimate of drug-likeness (QED) is 0.731. The number of aromatic hydroxyl groups is 1. The van der Waals surface area contributed by atoms with E-state index in [9.17, 15) is 5.11 Å². The van der Waals surface area contributed by atoms with E-state index in [0.29, 0.717) is 10.8 Å². The van der Waals surface area contributed by atoms with E-state index in [1.54, 1.807) is 13.3 Å². The van der Waals surface area contributed by atoms with E-state index in [0.717, 1.165) is 21.3 Å². The lowest BCUT2D eigenvalue weighted by Crippen LogP contribution is -2.26. The second-order valence-corrected chi connectivity index (χ2v) is 5.89. The molecule has 0 aliphatic heterocycles. The summed E-state index contributed by atoms with van der Waals surface area (Å²) in [5.41, 5.74) is 0.985. The summed E-state index contributed by atoms with van der Waals surface area (Å²) < 4.78 is 7.29. The van der Waals surface area contributed by atoms with Crippen molar-refractivity contribution in [2.75, 3.05) is 7.11 Å². The Hall–Kier alpha value is -1.78. The summed E-state index contributed by atoms with van der Waals surface area (Å²) in [6, 6.07) is 9.83. The van der Waals surface area contributed by atoms with Crippen LogP contribution in [0.25, 0.3) is 21.3 Å². The number of thiazole rings is 1. The van der Waals surface area contributed by atoms with Crippen LogP contribution in [0.2, 0.25) is 5.02 Å². The van der Waals surface area contributed by atoms with Gasteiger partial charge >= 0.3 is 0 Å². The maximum atomic E-state index is 9.68. The predicted molar refractivity (Wildman–Crippen MR) is 81.7 cm³/mol. The molecule has 0 saturated carbocycles. The topological polar surface area (TPSA) is 33.3 Å². The highest BCUT2D eigenvalue weighted by Gasteiger charge is 2.21. The number of methoxy groups -OCH3 is 1. The second-order valence-electron chi connectivity index (χ2n) is 4.47. The first-order valence-corrected chi connectivity index (χ1v) is 7.25. The first-order chi connectivity index (χ1) is 9.61. The highest BCUT2D eigenvalue weighted by molar-refractivity contribution is 7.16. The first-order valence-electron chi connectivity index (χ1n) is 6.06. The van der Waals surface area contributed by atoms with Crippen molar-refractivity contribution in [2.24, 2.45) is 7.05 Å². The molecule has 20 heavy (non-hydrogen) atoms. The Morgan fingerprint density at radius 3 is 2.55 bits per heavy atom. The molecule has 1 aromatic heterocycles. The first kappa shape index (κ1) is 13.2. The van der Waals surface area contributed by atoms with Crippen molar-refractivity contribution in [1.82, 2.24) is 0 Å². The minimum atomic E-state index is 0.276. The van der Waals surface area contributed by atoms with Gasteiger partial charge in [0.15, 0.2) is 0 Å². The van der Waals surface area contributed by atoms with Crippen LogP contribution in [0, 0.1) is 0 Å². The largest absolute Gasteiger partial charge is 0.495 e. The van der Waals surface area contributed by atoms with E-state index in [4.69, 9.17) is 16.3 Å². The van der Waals surface area contributed by atoms with Gasteiger partial charge in [0.25, 0.3) is 5.01 Å². The molecule has 0 aliphatic carbocycles. The van der Waals surface area contributed by atoms with E-state index in [2.05, 4.69) is 0 Å². The number of halogens is 1. The highest BCUT2D eigenvalue weighted by atomic mass is 35.5. The fraction of sp³-hybridized carbons (Fsp3) is 0.133. The van der Waals surface area contributed by atoms with E-state index in [1.807, 2.05) is 41.9 Å². The van der Waals surface area contributed by atoms with E-state index >= 15 is 0 Å². The van der Waals surface area contributed by atoms with Crippen LogP contribution in [0.4, 0.5) is 0 Å². The van der Waals surface area contributed by atoms with Crippen LogP contribution in [-0.4, -0.2) is 12.2 Å². The van der Waals surface area contributed by atoms with Crippen molar-refractivity contribution in [1.29, 1.82) is 0 Å². The van der Waals surface area contributed by atoms with Gasteiger partial charge in [0.05, 0.1) is 17.7 Å². The lowest BCUT2D eigenvalue weighted by Gasteiger charge is -2.10. The monoisotopic (exact) mass is 306 g/mol. The molecule has 1 heterocycles. The van der Waals surface area contributed by atoms with Crippen molar-refractivity contribution < 1.29 is 14.4 Å². The van der Waals surface area contributed by atoms with Gasteiger partial charge in [-0.1, -0.05) is 35.9 Å². The molecule has 0 fully saturated rings. The molecule has 0 saturated heterocycles. The zero-order valence-corrected chi connectivity index (χ0v) is 12.6. The average Bonchev–Trinajstić information content (AvgIpc) is 2.77. The molecular weight excluding hydrogens is 294 g/mol. The van der Waals surface area contributed by atoms with Gasteiger partial charge in [-0.3, -0.25) is 0 Å². The molecule has 3 rings (SSSR count). The number of nitrogens with zero attached hydrogens (tertiary/aromatic N) is 1. The third-order valence-corrected chi connectivity index (χ3v) is 4.51. The number of hydrogen-bond donors (Lipinski definition) is 1. The fourth-order valence-corrected chi connectivity index (χ4v) is 3.54. The molecule has 3 aromatic rings. The Labute approximate surface area is 125 Å². The SMILES string of the molecule is COc1c(Cl)cc(-c2sc(O)c[n+]2C)c2ccccc12. The zero-order valence-electron chi connectivity index (χ0n) is 11.1. The van der Waals surface area contributed by atoms with Gasteiger partial charge in [0, 0.05) is 10.8 Å². The number of benzene rings is 2. The number of aryl methyl sites for hydroxylation is 1. The molecule has 5 heteroatoms. The molecule has 3 nitrogen and oxygen atoms in total. The molecule has 0 amide bonds. The van der Waals surface area contributed by atoms with Crippen LogP contribution in [0.3, 0.4) is 0 Å². The van der Waals surface area contributed by atoms with Crippen LogP contribution in [0.15, 0.2) is 36.5 Å². The Morgan fingerprint density at radius 1 is 1.25 bits per heavy atom. The third kappa shape index (κ3) is 2.01. The predicted octanol–water partition coefficient (Wildman–Crippen LogP) is 3.76. The van der Waals surface area contributed by atoms with E-state index in [-0.39, 0.29) is 5.06 Å². The standard InChI is InChI=1S/C15H12ClNO2S/c1-17-8-13(18)20-15(17)11-7-12(16)14(19-2)10-6-4-3-5-9(10)11/h3-8H,1-2H3/p+1. The number of ether oxygens (including phenoxy) is 1. The molecule has 2 aromatic carbocycles. The van der Waals surface area contributed by atoms with Crippen molar-refractivity contribution >= 4 is 33.7 Å². The molecule has 0 bridgehead atoms. The fourth-order valence-electron chi connectivity index (χ4n) is 2.37. The molecular formula is C15H13ClNO2S+. The summed E-state index contributed by atoms with van der Waals surface area (Å²) in [6.45, 7) is 0. The van der Waals surface area contributed by atoms with Crippen LogP contribution in [0.5, 0.6) is 10.8 Å². The van der Waals surface area contributed by atoms with E-state index in [1.165, 1.54) is 11.3 Å². The van der Waals surface area contributed by atoms with Gasteiger partial charge < -0.3 is 9.84 Å². The summed E-state index contributed by atoms with van der Waals surface area (Å²) in [4.78, 5) is 0. The molecule has 102 valence electrons. The highest BCUT2D eigenvalue weighted by Crippen LogP contribution is 2.41. The molecule has 0 unspecified atom stereocenters. The van der Waals surface area contributed by atoms with Gasteiger partial charge in [-0.2, -0.15) is 4.57 Å². The van der Waals surface area contributed by atoms with Gasteiger partial charge in [-0.05, 0) is 17.4 Å². The summed E-state index contributed by atoms with van der Waals surface area (Å²) in [5.74, 6) is 0.675. The van der Waals surface area contributed by atoms with Crippen LogP contribution < -0.4 is 9.30 Å². The Balaban J connectivity index is 2.40. The van der Waals surface area contributed by atoms with Gasteiger partial charge in [0.1, 0.15) is 12.8 Å². The summed E-state index contributed by atoms with van der Waals surface area (Å²) in [6.07, 6.45) is 1.69. The Morgan fingerprint density at radius 2 is 1.95 bits per heavy atom. The summed E-state index contributed by atoms with van der Waals surface area (Å²) >= 11 is 7.65. The van der Waals surface area contributed by atoms with Crippen molar-refractivity contribution in [3.8, 4) is 21.4 Å². The number of rotatable bonds is 2. The zero-order chi connectivity index (χ0) is 14.3. The average molecular weight is 307 g/mol. The Bertz CT molecular complexity index is 798. The van der Waals surface area contributed by atoms with Crippen molar-refractivity contribution in [3.05, 3.63) is 41.6 Å². The van der Waals surface area contributed by atoms with Crippen LogP contribution >= 0.6 is 22.9 Å². The van der Waals surface area contributed by atoms with E-state index < -0.39 is 0 Å². The minimum absolute atomic E-state index is 0.276. The second kappa shape index (κ2) is 4.96. The maximum absolute atomic E-state index is 9.68. The molecule has 0 spiro atoms. The summed E-state index contributed by atoms with van der Waals surface area (Å²) in [5, 5.41) is 13.5. The maximum Gasteiger partial charge on any atom is 0.272 e.